The van der Waals surface area contributed by atoms with Crippen LogP contribution in [-0.2, 0) is 6.42 Å². The van der Waals surface area contributed by atoms with E-state index in [1.165, 1.54) is 28.0 Å². The Morgan fingerprint density at radius 1 is 1.11 bits per heavy atom. The third-order valence-corrected chi connectivity index (χ3v) is 6.67. The quantitative estimate of drug-likeness (QED) is 0.479. The highest BCUT2D eigenvalue weighted by Crippen LogP contribution is 2.43. The number of thiophene rings is 1. The van der Waals surface area contributed by atoms with Gasteiger partial charge in [-0.3, -0.25) is 0 Å². The molecule has 3 heterocycles. The van der Waals surface area contributed by atoms with Crippen LogP contribution in [0.5, 0.6) is 0 Å². The van der Waals surface area contributed by atoms with E-state index >= 15 is 0 Å². The lowest BCUT2D eigenvalue weighted by atomic mass is 9.91. The lowest BCUT2D eigenvalue weighted by Crippen LogP contribution is -2.39. The van der Waals surface area contributed by atoms with Crippen molar-refractivity contribution in [1.29, 1.82) is 0 Å². The molecule has 2 aromatic heterocycles. The minimum atomic E-state index is 0.345. The summed E-state index contributed by atoms with van der Waals surface area (Å²) in [7, 11) is 0. The molecule has 4 rings (SSSR count). The molecule has 2 unspecified atom stereocenters. The van der Waals surface area contributed by atoms with Crippen LogP contribution in [-0.4, -0.2) is 23.1 Å². The van der Waals surface area contributed by atoms with Crippen LogP contribution in [0, 0.1) is 18.8 Å². The van der Waals surface area contributed by atoms with E-state index < -0.39 is 0 Å². The first-order valence-corrected chi connectivity index (χ1v) is 11.0. The number of aryl methyl sites for hydroxylation is 2. The van der Waals surface area contributed by atoms with Crippen molar-refractivity contribution in [1.82, 2.24) is 9.97 Å². The maximum Gasteiger partial charge on any atom is 0.225 e. The summed E-state index contributed by atoms with van der Waals surface area (Å²) in [5.41, 5.74) is 3.85. The first-order chi connectivity index (χ1) is 13.0. The zero-order valence-corrected chi connectivity index (χ0v) is 18.0. The number of benzene rings is 1. The average molecular weight is 400 g/mol. The molecule has 3 nitrogen and oxygen atoms in total. The Kier molecular flexibility index (Phi) is 5.13. The minimum absolute atomic E-state index is 0.345. The molecule has 1 aromatic carbocycles. The lowest BCUT2D eigenvalue weighted by Gasteiger charge is -2.36. The Balaban J connectivity index is 1.90. The Morgan fingerprint density at radius 3 is 2.41 bits per heavy atom. The second-order valence-electron chi connectivity index (χ2n) is 7.93. The number of hydrogen-bond donors (Lipinski definition) is 0. The van der Waals surface area contributed by atoms with Crippen molar-refractivity contribution < 1.29 is 0 Å². The van der Waals surface area contributed by atoms with Crippen LogP contribution in [0.2, 0.25) is 5.28 Å². The second kappa shape index (κ2) is 7.40. The van der Waals surface area contributed by atoms with Gasteiger partial charge in [0.25, 0.3) is 0 Å². The van der Waals surface area contributed by atoms with Crippen LogP contribution in [0.1, 0.15) is 37.6 Å². The second-order valence-corrected chi connectivity index (χ2v) is 9.47. The minimum Gasteiger partial charge on any atom is -0.355 e. The SMILES string of the molecule is CCc1ccc(-c2c(C)sc3nc(Cl)nc(N4CC(C)CC(C)C4)c23)cc1. The molecule has 0 amide bonds. The van der Waals surface area contributed by atoms with E-state index in [4.69, 9.17) is 16.6 Å². The van der Waals surface area contributed by atoms with E-state index in [1.54, 1.807) is 11.3 Å². The molecule has 142 valence electrons. The first-order valence-electron chi connectivity index (χ1n) is 9.77. The number of hydrogen-bond acceptors (Lipinski definition) is 4. The summed E-state index contributed by atoms with van der Waals surface area (Å²) in [5.74, 6) is 2.32. The first kappa shape index (κ1) is 18.7. The van der Waals surface area contributed by atoms with Crippen molar-refractivity contribution in [2.75, 3.05) is 18.0 Å². The van der Waals surface area contributed by atoms with Gasteiger partial charge in [-0.1, -0.05) is 45.0 Å². The summed E-state index contributed by atoms with van der Waals surface area (Å²) in [6, 6.07) is 8.90. The highest BCUT2D eigenvalue weighted by Gasteiger charge is 2.27. The van der Waals surface area contributed by atoms with E-state index in [1.807, 2.05) is 0 Å². The molecular formula is C22H26ClN3S. The van der Waals surface area contributed by atoms with Gasteiger partial charge >= 0.3 is 0 Å². The maximum absolute atomic E-state index is 6.32. The van der Waals surface area contributed by atoms with Crippen molar-refractivity contribution in [2.24, 2.45) is 11.8 Å². The molecule has 1 aliphatic rings. The van der Waals surface area contributed by atoms with Gasteiger partial charge in [0.1, 0.15) is 10.6 Å². The predicted octanol–water partition coefficient (Wildman–Crippen LogP) is 6.36. The van der Waals surface area contributed by atoms with Gasteiger partial charge in [0, 0.05) is 23.5 Å². The number of rotatable bonds is 3. The third kappa shape index (κ3) is 3.57. The van der Waals surface area contributed by atoms with Crippen molar-refractivity contribution in [3.63, 3.8) is 0 Å². The number of piperidine rings is 1. The molecule has 0 saturated carbocycles. The number of anilines is 1. The van der Waals surface area contributed by atoms with Crippen LogP contribution in [0.15, 0.2) is 24.3 Å². The van der Waals surface area contributed by atoms with E-state index in [0.29, 0.717) is 17.1 Å². The lowest BCUT2D eigenvalue weighted by molar-refractivity contribution is 0.356. The Bertz CT molecular complexity index is 954. The zero-order chi connectivity index (χ0) is 19.1. The molecule has 27 heavy (non-hydrogen) atoms. The van der Waals surface area contributed by atoms with Gasteiger partial charge < -0.3 is 4.90 Å². The summed E-state index contributed by atoms with van der Waals surface area (Å²) >= 11 is 8.04. The molecule has 0 bridgehead atoms. The third-order valence-electron chi connectivity index (χ3n) is 5.50. The maximum atomic E-state index is 6.32. The standard InChI is InChI=1S/C22H26ClN3S/c1-5-16-6-8-17(9-7-16)18-15(4)27-21-19(18)20(24-22(23)25-21)26-11-13(2)10-14(3)12-26/h6-9,13-14H,5,10-12H2,1-4H3. The summed E-state index contributed by atoms with van der Waals surface area (Å²) in [6.07, 6.45) is 2.32. The largest absolute Gasteiger partial charge is 0.355 e. The van der Waals surface area contributed by atoms with E-state index in [2.05, 4.69) is 61.8 Å². The number of aromatic nitrogens is 2. The predicted molar refractivity (Wildman–Crippen MR) is 117 cm³/mol. The highest BCUT2D eigenvalue weighted by atomic mass is 35.5. The van der Waals surface area contributed by atoms with Crippen LogP contribution < -0.4 is 4.90 Å². The van der Waals surface area contributed by atoms with Gasteiger partial charge in [-0.25, -0.2) is 4.98 Å². The molecule has 1 fully saturated rings. The molecule has 5 heteroatoms. The van der Waals surface area contributed by atoms with Gasteiger partial charge in [-0.05, 0) is 54.3 Å². The fraction of sp³-hybridized carbons (Fsp3) is 0.455. The normalized spacial score (nSPS) is 20.4. The van der Waals surface area contributed by atoms with Gasteiger partial charge in [0.05, 0.1) is 5.39 Å². The Hall–Kier alpha value is -1.65. The highest BCUT2D eigenvalue weighted by molar-refractivity contribution is 7.19. The van der Waals surface area contributed by atoms with E-state index in [-0.39, 0.29) is 0 Å². The van der Waals surface area contributed by atoms with Gasteiger partial charge in [-0.15, -0.1) is 11.3 Å². The van der Waals surface area contributed by atoms with E-state index in [9.17, 15) is 0 Å². The van der Waals surface area contributed by atoms with Crippen LogP contribution in [0.3, 0.4) is 0 Å². The molecular weight excluding hydrogens is 374 g/mol. The summed E-state index contributed by atoms with van der Waals surface area (Å²) in [4.78, 5) is 13.9. The van der Waals surface area contributed by atoms with Crippen molar-refractivity contribution >= 4 is 39.0 Å². The molecule has 3 aromatic rings. The molecule has 0 spiro atoms. The Labute approximate surface area is 170 Å². The topological polar surface area (TPSA) is 29.0 Å². The van der Waals surface area contributed by atoms with Crippen LogP contribution in [0.4, 0.5) is 5.82 Å². The van der Waals surface area contributed by atoms with Gasteiger partial charge in [-0.2, -0.15) is 4.98 Å². The van der Waals surface area contributed by atoms with Gasteiger partial charge in [0.2, 0.25) is 5.28 Å². The van der Waals surface area contributed by atoms with Gasteiger partial charge in [0.15, 0.2) is 0 Å². The number of fused-ring (bicyclic) bond motifs is 1. The monoisotopic (exact) mass is 399 g/mol. The summed E-state index contributed by atoms with van der Waals surface area (Å²) in [5, 5.41) is 1.50. The molecule has 0 aliphatic carbocycles. The smallest absolute Gasteiger partial charge is 0.225 e. The molecule has 0 radical (unpaired) electrons. The summed E-state index contributed by atoms with van der Waals surface area (Å²) in [6.45, 7) is 11.1. The number of nitrogens with zero attached hydrogens (tertiary/aromatic N) is 3. The summed E-state index contributed by atoms with van der Waals surface area (Å²) < 4.78 is 0. The fourth-order valence-corrected chi connectivity index (χ4v) is 5.64. The van der Waals surface area contributed by atoms with Crippen molar-refractivity contribution in [3.05, 3.63) is 40.0 Å². The average Bonchev–Trinajstić information content (AvgIpc) is 2.95. The zero-order valence-electron chi connectivity index (χ0n) is 16.4. The van der Waals surface area contributed by atoms with Crippen LogP contribution in [0.25, 0.3) is 21.3 Å². The van der Waals surface area contributed by atoms with Crippen molar-refractivity contribution in [2.45, 2.75) is 40.5 Å². The molecule has 2 atom stereocenters. The van der Waals surface area contributed by atoms with E-state index in [0.717, 1.165) is 35.5 Å². The Morgan fingerprint density at radius 2 is 1.78 bits per heavy atom. The fourth-order valence-electron chi connectivity index (χ4n) is 4.39. The van der Waals surface area contributed by atoms with Crippen LogP contribution >= 0.6 is 22.9 Å². The van der Waals surface area contributed by atoms with Crippen molar-refractivity contribution in [3.8, 4) is 11.1 Å². The molecule has 1 aliphatic heterocycles. The molecule has 0 N–H and O–H groups in total. The molecule has 1 saturated heterocycles. The number of halogens is 1.